The summed E-state index contributed by atoms with van der Waals surface area (Å²) in [6, 6.07) is 11.9. The van der Waals surface area contributed by atoms with Crippen LogP contribution >= 0.6 is 11.3 Å². The van der Waals surface area contributed by atoms with Crippen molar-refractivity contribution < 1.29 is 14.6 Å². The lowest BCUT2D eigenvalue weighted by atomic mass is 9.97. The zero-order chi connectivity index (χ0) is 16.9. The number of aliphatic hydroxyl groups excluding tert-OH is 1. The van der Waals surface area contributed by atoms with E-state index in [1.807, 2.05) is 29.2 Å². The Morgan fingerprint density at radius 2 is 2.17 bits per heavy atom. The molecule has 1 aliphatic heterocycles. The maximum atomic E-state index is 12.6. The maximum absolute atomic E-state index is 12.6. The molecule has 128 valence electrons. The Balaban J connectivity index is 1.58. The molecule has 1 fully saturated rings. The summed E-state index contributed by atoms with van der Waals surface area (Å²) < 4.78 is 5.12. The van der Waals surface area contributed by atoms with Gasteiger partial charge >= 0.3 is 0 Å². The second-order valence-electron chi connectivity index (χ2n) is 6.29. The van der Waals surface area contributed by atoms with Crippen LogP contribution in [0.1, 0.15) is 32.1 Å². The summed E-state index contributed by atoms with van der Waals surface area (Å²) in [5.41, 5.74) is 2.18. The molecule has 3 rings (SSSR count). The predicted octanol–water partition coefficient (Wildman–Crippen LogP) is 3.09. The molecule has 0 radical (unpaired) electrons. The molecule has 0 aliphatic carbocycles. The third kappa shape index (κ3) is 4.04. The molecule has 0 bridgehead atoms. The molecule has 1 atom stereocenters. The first kappa shape index (κ1) is 17.1. The molecule has 1 aromatic carbocycles. The van der Waals surface area contributed by atoms with Crippen LogP contribution in [0.25, 0.3) is 0 Å². The molecule has 1 N–H and O–H groups in total. The molecule has 0 unspecified atom stereocenters. The van der Waals surface area contributed by atoms with Gasteiger partial charge in [0.25, 0.3) is 5.91 Å². The molecule has 1 saturated heterocycles. The van der Waals surface area contributed by atoms with Crippen molar-refractivity contribution in [3.63, 3.8) is 0 Å². The van der Waals surface area contributed by atoms with Gasteiger partial charge in [-0.2, -0.15) is 0 Å². The third-order valence-electron chi connectivity index (χ3n) is 4.43. The Bertz CT molecular complexity index is 697. The number of methoxy groups -OCH3 is 1. The van der Waals surface area contributed by atoms with E-state index >= 15 is 0 Å². The summed E-state index contributed by atoms with van der Waals surface area (Å²) in [7, 11) is 1.66. The van der Waals surface area contributed by atoms with Gasteiger partial charge in [0.2, 0.25) is 0 Å². The van der Waals surface area contributed by atoms with Gasteiger partial charge in [-0.1, -0.05) is 24.3 Å². The first-order chi connectivity index (χ1) is 11.7. The molecule has 24 heavy (non-hydrogen) atoms. The summed E-state index contributed by atoms with van der Waals surface area (Å²) in [6.07, 6.45) is 1.99. The van der Waals surface area contributed by atoms with Crippen molar-refractivity contribution in [2.75, 3.05) is 20.2 Å². The Morgan fingerprint density at radius 3 is 2.96 bits per heavy atom. The minimum atomic E-state index is 0.0747. The minimum Gasteiger partial charge on any atom is -0.392 e. The lowest BCUT2D eigenvalue weighted by molar-refractivity contribution is 0.0792. The molecule has 2 heterocycles. The van der Waals surface area contributed by atoms with Crippen LogP contribution in [-0.4, -0.2) is 36.1 Å². The summed E-state index contributed by atoms with van der Waals surface area (Å²) in [5.74, 6) is 0.621. The average molecular weight is 345 g/mol. The zero-order valence-corrected chi connectivity index (χ0v) is 14.7. The first-order valence-corrected chi connectivity index (χ1v) is 9.07. The van der Waals surface area contributed by atoms with Crippen molar-refractivity contribution in [3.8, 4) is 0 Å². The number of amides is 1. The van der Waals surface area contributed by atoms with Gasteiger partial charge in [0, 0.05) is 25.1 Å². The topological polar surface area (TPSA) is 49.8 Å². The first-order valence-electron chi connectivity index (χ1n) is 8.25. The van der Waals surface area contributed by atoms with Crippen molar-refractivity contribution in [3.05, 3.63) is 57.3 Å². The van der Waals surface area contributed by atoms with Crippen LogP contribution in [0.3, 0.4) is 0 Å². The standard InChI is InChI=1S/C19H23NO3S/c1-23-13-17-5-6-18(24-17)19(22)20-8-7-15(11-20)9-14-3-2-4-16(10-14)12-21/h2-6,10,15,21H,7-9,11-13H2,1H3/t15-/m0/s1. The van der Waals surface area contributed by atoms with E-state index in [1.165, 1.54) is 16.9 Å². The van der Waals surface area contributed by atoms with Gasteiger partial charge in [0.15, 0.2) is 0 Å². The van der Waals surface area contributed by atoms with Gasteiger partial charge in [-0.25, -0.2) is 0 Å². The van der Waals surface area contributed by atoms with Crippen LogP contribution in [0.2, 0.25) is 0 Å². The smallest absolute Gasteiger partial charge is 0.263 e. The van der Waals surface area contributed by atoms with Crippen molar-refractivity contribution in [2.45, 2.75) is 26.1 Å². The highest BCUT2D eigenvalue weighted by Gasteiger charge is 2.27. The minimum absolute atomic E-state index is 0.0747. The van der Waals surface area contributed by atoms with Gasteiger partial charge in [-0.15, -0.1) is 11.3 Å². The fourth-order valence-electron chi connectivity index (χ4n) is 3.24. The van der Waals surface area contributed by atoms with Crippen molar-refractivity contribution in [2.24, 2.45) is 5.92 Å². The number of benzene rings is 1. The largest absolute Gasteiger partial charge is 0.392 e. The van der Waals surface area contributed by atoms with Crippen molar-refractivity contribution in [1.29, 1.82) is 0 Å². The molecular weight excluding hydrogens is 322 g/mol. The highest BCUT2D eigenvalue weighted by atomic mass is 32.1. The Kier molecular flexibility index (Phi) is 5.66. The Labute approximate surface area is 146 Å². The number of ether oxygens (including phenoxy) is 1. The molecule has 2 aromatic rings. The Morgan fingerprint density at radius 1 is 1.33 bits per heavy atom. The van der Waals surface area contributed by atoms with Gasteiger partial charge in [-0.3, -0.25) is 4.79 Å². The van der Waals surface area contributed by atoms with Crippen LogP contribution in [0.15, 0.2) is 36.4 Å². The number of carbonyl (C=O) groups excluding carboxylic acids is 1. The molecule has 1 amide bonds. The van der Waals surface area contributed by atoms with Crippen molar-refractivity contribution >= 4 is 17.2 Å². The van der Waals surface area contributed by atoms with E-state index in [9.17, 15) is 9.90 Å². The number of hydrogen-bond acceptors (Lipinski definition) is 4. The monoisotopic (exact) mass is 345 g/mol. The summed E-state index contributed by atoms with van der Waals surface area (Å²) in [4.78, 5) is 16.5. The summed E-state index contributed by atoms with van der Waals surface area (Å²) in [6.45, 7) is 2.26. The number of hydrogen-bond donors (Lipinski definition) is 1. The molecule has 1 aromatic heterocycles. The number of rotatable bonds is 6. The van der Waals surface area contributed by atoms with E-state index in [1.54, 1.807) is 7.11 Å². The van der Waals surface area contributed by atoms with E-state index in [0.29, 0.717) is 12.5 Å². The average Bonchev–Trinajstić information content (AvgIpc) is 3.24. The van der Waals surface area contributed by atoms with Crippen LogP contribution in [-0.2, 0) is 24.4 Å². The molecule has 4 nitrogen and oxygen atoms in total. The number of thiophene rings is 1. The van der Waals surface area contributed by atoms with Crippen LogP contribution in [0.5, 0.6) is 0 Å². The highest BCUT2D eigenvalue weighted by molar-refractivity contribution is 7.14. The van der Waals surface area contributed by atoms with E-state index in [2.05, 4.69) is 12.1 Å². The maximum Gasteiger partial charge on any atom is 0.263 e. The van der Waals surface area contributed by atoms with Gasteiger partial charge in [-0.05, 0) is 42.0 Å². The number of carbonyl (C=O) groups is 1. The third-order valence-corrected chi connectivity index (χ3v) is 5.48. The fraction of sp³-hybridized carbons (Fsp3) is 0.421. The summed E-state index contributed by atoms with van der Waals surface area (Å²) >= 11 is 1.52. The van der Waals surface area contributed by atoms with Crippen LogP contribution in [0.4, 0.5) is 0 Å². The number of likely N-dealkylation sites (tertiary alicyclic amines) is 1. The molecule has 0 saturated carbocycles. The number of aliphatic hydroxyl groups is 1. The molecule has 0 spiro atoms. The SMILES string of the molecule is COCc1ccc(C(=O)N2CC[C@@H](Cc3cccc(CO)c3)C2)s1. The molecule has 5 heteroatoms. The quantitative estimate of drug-likeness (QED) is 0.875. The number of nitrogens with zero attached hydrogens (tertiary/aromatic N) is 1. The van der Waals surface area contributed by atoms with Crippen molar-refractivity contribution in [1.82, 2.24) is 4.90 Å². The lowest BCUT2D eigenvalue weighted by Crippen LogP contribution is -2.28. The second-order valence-corrected chi connectivity index (χ2v) is 7.46. The molecule has 1 aliphatic rings. The normalized spacial score (nSPS) is 17.4. The fourth-order valence-corrected chi connectivity index (χ4v) is 4.19. The van der Waals surface area contributed by atoms with E-state index in [-0.39, 0.29) is 12.5 Å². The predicted molar refractivity (Wildman–Crippen MR) is 95.1 cm³/mol. The highest BCUT2D eigenvalue weighted by Crippen LogP contribution is 2.25. The van der Waals surface area contributed by atoms with Crippen LogP contribution < -0.4 is 0 Å². The van der Waals surface area contributed by atoms with E-state index in [4.69, 9.17) is 4.74 Å². The van der Waals surface area contributed by atoms with E-state index in [0.717, 1.165) is 41.2 Å². The van der Waals surface area contributed by atoms with Gasteiger partial charge < -0.3 is 14.7 Å². The second kappa shape index (κ2) is 7.92. The lowest BCUT2D eigenvalue weighted by Gasteiger charge is -2.16. The summed E-state index contributed by atoms with van der Waals surface area (Å²) in [5, 5.41) is 9.24. The van der Waals surface area contributed by atoms with Crippen LogP contribution in [0, 0.1) is 5.92 Å². The van der Waals surface area contributed by atoms with Gasteiger partial charge in [0.05, 0.1) is 18.1 Å². The van der Waals surface area contributed by atoms with E-state index < -0.39 is 0 Å². The Hall–Kier alpha value is -1.69. The van der Waals surface area contributed by atoms with Gasteiger partial charge in [0.1, 0.15) is 0 Å². The molecular formula is C19H23NO3S. The zero-order valence-electron chi connectivity index (χ0n) is 13.9.